The molecule has 2 aromatic carbocycles. The van der Waals surface area contributed by atoms with Gasteiger partial charge in [0.25, 0.3) is 0 Å². The van der Waals surface area contributed by atoms with Crippen molar-refractivity contribution in [1.29, 1.82) is 0 Å². The molecule has 1 fully saturated rings. The molecule has 0 radical (unpaired) electrons. The number of carbonyl (C=O) groups is 1. The highest BCUT2D eigenvalue weighted by Gasteiger charge is 2.27. The van der Waals surface area contributed by atoms with Gasteiger partial charge in [-0.25, -0.2) is 13.6 Å². The van der Waals surface area contributed by atoms with Crippen molar-refractivity contribution in [3.63, 3.8) is 0 Å². The van der Waals surface area contributed by atoms with Crippen molar-refractivity contribution >= 4 is 29.2 Å². The van der Waals surface area contributed by atoms with Crippen molar-refractivity contribution in [3.05, 3.63) is 69.2 Å². The Bertz CT molecular complexity index is 833. The molecule has 27 heavy (non-hydrogen) atoms. The minimum Gasteiger partial charge on any atom is -0.370 e. The van der Waals surface area contributed by atoms with Gasteiger partial charge in [0, 0.05) is 11.6 Å². The third kappa shape index (κ3) is 4.69. The van der Waals surface area contributed by atoms with Gasteiger partial charge in [0.15, 0.2) is 0 Å². The SMILES string of the molecule is CC(NC(=O)N1CCOC(c2ccc(F)cc2)C1)c1cc(F)c(Cl)cc1Cl. The third-order valence-corrected chi connectivity index (χ3v) is 5.06. The fraction of sp³-hybridized carbons (Fsp3) is 0.316. The summed E-state index contributed by atoms with van der Waals surface area (Å²) in [4.78, 5) is 14.2. The van der Waals surface area contributed by atoms with E-state index in [9.17, 15) is 13.6 Å². The van der Waals surface area contributed by atoms with Crippen LogP contribution < -0.4 is 5.32 Å². The number of carbonyl (C=O) groups excluding carboxylic acids is 1. The van der Waals surface area contributed by atoms with Crippen molar-refractivity contribution in [2.24, 2.45) is 0 Å². The van der Waals surface area contributed by atoms with E-state index in [1.165, 1.54) is 24.3 Å². The van der Waals surface area contributed by atoms with E-state index in [0.717, 1.165) is 5.56 Å². The second-order valence-corrected chi connectivity index (χ2v) is 7.13. The normalized spacial score (nSPS) is 18.3. The number of amides is 2. The van der Waals surface area contributed by atoms with Crippen LogP contribution in [0.2, 0.25) is 10.0 Å². The lowest BCUT2D eigenvalue weighted by atomic mass is 10.1. The zero-order chi connectivity index (χ0) is 19.6. The van der Waals surface area contributed by atoms with E-state index in [-0.39, 0.29) is 28.0 Å². The lowest BCUT2D eigenvalue weighted by Gasteiger charge is -2.34. The van der Waals surface area contributed by atoms with Gasteiger partial charge in [-0.05, 0) is 42.3 Å². The van der Waals surface area contributed by atoms with Crippen LogP contribution in [0.1, 0.15) is 30.2 Å². The molecule has 1 saturated heterocycles. The number of nitrogens with zero attached hydrogens (tertiary/aromatic N) is 1. The summed E-state index contributed by atoms with van der Waals surface area (Å²) < 4.78 is 32.5. The zero-order valence-corrected chi connectivity index (χ0v) is 16.0. The molecule has 0 aliphatic carbocycles. The highest BCUT2D eigenvalue weighted by atomic mass is 35.5. The summed E-state index contributed by atoms with van der Waals surface area (Å²) in [5.41, 5.74) is 1.24. The van der Waals surface area contributed by atoms with Crippen molar-refractivity contribution in [2.45, 2.75) is 19.1 Å². The van der Waals surface area contributed by atoms with E-state index in [4.69, 9.17) is 27.9 Å². The monoisotopic (exact) mass is 414 g/mol. The summed E-state index contributed by atoms with van der Waals surface area (Å²) in [5.74, 6) is -0.926. The Hall–Kier alpha value is -1.89. The number of urea groups is 1. The molecule has 4 nitrogen and oxygen atoms in total. The summed E-state index contributed by atoms with van der Waals surface area (Å²) in [5, 5.41) is 3.02. The average Bonchev–Trinajstić information content (AvgIpc) is 2.65. The molecule has 2 unspecified atom stereocenters. The van der Waals surface area contributed by atoms with Crippen LogP contribution in [-0.4, -0.2) is 30.6 Å². The lowest BCUT2D eigenvalue weighted by molar-refractivity contribution is -0.0157. The van der Waals surface area contributed by atoms with Crippen LogP contribution in [0.25, 0.3) is 0 Å². The molecule has 8 heteroatoms. The summed E-state index contributed by atoms with van der Waals surface area (Å²) in [6.07, 6.45) is -0.336. The van der Waals surface area contributed by atoms with Crippen molar-refractivity contribution in [1.82, 2.24) is 10.2 Å². The van der Waals surface area contributed by atoms with E-state index in [1.54, 1.807) is 24.0 Å². The number of halogens is 4. The second-order valence-electron chi connectivity index (χ2n) is 6.32. The molecular formula is C19H18Cl2F2N2O2. The Labute approximate surface area is 166 Å². The molecule has 1 heterocycles. The van der Waals surface area contributed by atoms with E-state index in [1.807, 2.05) is 0 Å². The number of ether oxygens (including phenoxy) is 1. The molecule has 0 saturated carbocycles. The Morgan fingerprint density at radius 2 is 1.93 bits per heavy atom. The Balaban J connectivity index is 1.66. The van der Waals surface area contributed by atoms with Gasteiger partial charge in [0.05, 0.1) is 24.2 Å². The first kappa shape index (κ1) is 19.9. The molecule has 0 spiro atoms. The topological polar surface area (TPSA) is 41.6 Å². The summed E-state index contributed by atoms with van der Waals surface area (Å²) in [6.45, 7) is 2.82. The van der Waals surface area contributed by atoms with Crippen molar-refractivity contribution in [3.8, 4) is 0 Å². The van der Waals surface area contributed by atoms with Crippen LogP contribution in [0.4, 0.5) is 13.6 Å². The van der Waals surface area contributed by atoms with E-state index >= 15 is 0 Å². The van der Waals surface area contributed by atoms with Crippen LogP contribution >= 0.6 is 23.2 Å². The maximum atomic E-state index is 13.7. The fourth-order valence-corrected chi connectivity index (χ4v) is 3.48. The van der Waals surface area contributed by atoms with Crippen LogP contribution in [-0.2, 0) is 4.74 Å². The quantitative estimate of drug-likeness (QED) is 0.708. The molecule has 0 aromatic heterocycles. The van der Waals surface area contributed by atoms with Crippen molar-refractivity contribution < 1.29 is 18.3 Å². The number of benzene rings is 2. The molecular weight excluding hydrogens is 397 g/mol. The van der Waals surface area contributed by atoms with E-state index in [2.05, 4.69) is 5.32 Å². The first-order valence-electron chi connectivity index (χ1n) is 8.42. The predicted molar refractivity (Wildman–Crippen MR) is 100 cm³/mol. The molecule has 2 atom stereocenters. The third-order valence-electron chi connectivity index (χ3n) is 4.44. The second kappa shape index (κ2) is 8.42. The minimum atomic E-state index is -0.597. The number of nitrogens with one attached hydrogen (secondary N) is 1. The predicted octanol–water partition coefficient (Wildman–Crippen LogP) is 5.12. The van der Waals surface area contributed by atoms with E-state index in [0.29, 0.717) is 25.3 Å². The largest absolute Gasteiger partial charge is 0.370 e. The van der Waals surface area contributed by atoms with Crippen LogP contribution in [0, 0.1) is 11.6 Å². The Kier molecular flexibility index (Phi) is 6.19. The van der Waals surface area contributed by atoms with Gasteiger partial charge in [-0.15, -0.1) is 0 Å². The van der Waals surface area contributed by atoms with Crippen LogP contribution in [0.5, 0.6) is 0 Å². The maximum Gasteiger partial charge on any atom is 0.318 e. The molecule has 1 N–H and O–H groups in total. The van der Waals surface area contributed by atoms with Gasteiger partial charge in [-0.2, -0.15) is 0 Å². The fourth-order valence-electron chi connectivity index (χ4n) is 2.94. The summed E-state index contributed by atoms with van der Waals surface area (Å²) >= 11 is 11.8. The Morgan fingerprint density at radius 1 is 1.22 bits per heavy atom. The summed E-state index contributed by atoms with van der Waals surface area (Å²) in [7, 11) is 0. The van der Waals surface area contributed by atoms with Gasteiger partial charge in [0.2, 0.25) is 0 Å². The molecule has 2 aromatic rings. The van der Waals surface area contributed by atoms with Crippen molar-refractivity contribution in [2.75, 3.05) is 19.7 Å². The molecule has 144 valence electrons. The first-order chi connectivity index (χ1) is 12.8. The van der Waals surface area contributed by atoms with Gasteiger partial charge < -0.3 is 15.0 Å². The molecule has 0 bridgehead atoms. The Morgan fingerprint density at radius 3 is 2.63 bits per heavy atom. The molecule has 2 amide bonds. The van der Waals surface area contributed by atoms with Gasteiger partial charge in [0.1, 0.15) is 17.7 Å². The van der Waals surface area contributed by atoms with Gasteiger partial charge in [-0.1, -0.05) is 35.3 Å². The first-order valence-corrected chi connectivity index (χ1v) is 9.17. The van der Waals surface area contributed by atoms with Crippen LogP contribution in [0.15, 0.2) is 36.4 Å². The lowest BCUT2D eigenvalue weighted by Crippen LogP contribution is -2.47. The molecule has 3 rings (SSSR count). The number of rotatable bonds is 3. The standard InChI is InChI=1S/C19H18Cl2F2N2O2/c1-11(14-8-17(23)16(21)9-15(14)20)24-19(26)25-6-7-27-18(10-25)12-2-4-13(22)5-3-12/h2-5,8-9,11,18H,6-7,10H2,1H3,(H,24,26). The minimum absolute atomic E-state index is 0.0717. The number of hydrogen-bond donors (Lipinski definition) is 1. The van der Waals surface area contributed by atoms with Gasteiger partial charge >= 0.3 is 6.03 Å². The smallest absolute Gasteiger partial charge is 0.318 e. The molecule has 1 aliphatic heterocycles. The maximum absolute atomic E-state index is 13.7. The number of morpholine rings is 1. The average molecular weight is 415 g/mol. The van der Waals surface area contributed by atoms with Crippen LogP contribution in [0.3, 0.4) is 0 Å². The number of hydrogen-bond acceptors (Lipinski definition) is 2. The molecule has 1 aliphatic rings. The zero-order valence-electron chi connectivity index (χ0n) is 14.5. The van der Waals surface area contributed by atoms with E-state index < -0.39 is 11.9 Å². The summed E-state index contributed by atoms with van der Waals surface area (Å²) in [6, 6.07) is 7.70. The highest BCUT2D eigenvalue weighted by Crippen LogP contribution is 2.29. The highest BCUT2D eigenvalue weighted by molar-refractivity contribution is 6.35. The van der Waals surface area contributed by atoms with Gasteiger partial charge in [-0.3, -0.25) is 0 Å².